The summed E-state index contributed by atoms with van der Waals surface area (Å²) in [5.74, 6) is -0.151. The van der Waals surface area contributed by atoms with Gasteiger partial charge in [-0.05, 0) is 19.0 Å². The number of imide groups is 1. The third-order valence-electron chi connectivity index (χ3n) is 2.89. The largest absolute Gasteiger partial charge is 0.330 e. The number of likely N-dealkylation sites (N-methyl/N-ethyl adjacent to an activating group) is 1. The van der Waals surface area contributed by atoms with Gasteiger partial charge in [-0.3, -0.25) is 9.69 Å². The van der Waals surface area contributed by atoms with Gasteiger partial charge in [0.1, 0.15) is 0 Å². The fourth-order valence-electron chi connectivity index (χ4n) is 1.83. The summed E-state index contributed by atoms with van der Waals surface area (Å²) >= 11 is 0. The average molecular weight is 279 g/mol. The molecule has 0 atom stereocenters. The van der Waals surface area contributed by atoms with Crippen molar-refractivity contribution in [2.24, 2.45) is 11.1 Å². The van der Waals surface area contributed by atoms with Gasteiger partial charge in [0, 0.05) is 19.6 Å². The van der Waals surface area contributed by atoms with Gasteiger partial charge >= 0.3 is 6.03 Å². The molecular weight excluding hydrogens is 256 g/mol. The average Bonchev–Trinajstić information content (AvgIpc) is 2.55. The maximum absolute atomic E-state index is 11.3. The molecule has 1 fully saturated rings. The number of nitrogens with two attached hydrogens (primary N) is 1. The Morgan fingerprint density at radius 1 is 1.44 bits per heavy atom. The Bertz CT molecular complexity index is 293. The van der Waals surface area contributed by atoms with Crippen LogP contribution < -0.4 is 11.1 Å². The highest BCUT2D eigenvalue weighted by Crippen LogP contribution is 2.13. The molecule has 1 aliphatic rings. The lowest BCUT2D eigenvalue weighted by molar-refractivity contribution is -0.125. The first-order chi connectivity index (χ1) is 7.85. The van der Waals surface area contributed by atoms with Crippen LogP contribution in [0.5, 0.6) is 0 Å². The molecule has 0 spiro atoms. The minimum atomic E-state index is -0.290. The first-order valence-electron chi connectivity index (χ1n) is 5.82. The quantitative estimate of drug-likeness (QED) is 0.664. The molecule has 0 aromatic rings. The number of rotatable bonds is 6. The number of carbonyl (C=O) groups is 2. The van der Waals surface area contributed by atoms with E-state index in [4.69, 9.17) is 5.73 Å². The van der Waals surface area contributed by atoms with Crippen LogP contribution in [0.1, 0.15) is 13.8 Å². The zero-order chi connectivity index (χ0) is 13.1. The van der Waals surface area contributed by atoms with Crippen molar-refractivity contribution in [3.05, 3.63) is 0 Å². The highest BCUT2D eigenvalue weighted by Gasteiger charge is 2.28. The van der Waals surface area contributed by atoms with Crippen LogP contribution in [0.2, 0.25) is 0 Å². The molecule has 106 valence electrons. The highest BCUT2D eigenvalue weighted by atomic mass is 35.5. The van der Waals surface area contributed by atoms with Crippen molar-refractivity contribution in [1.29, 1.82) is 0 Å². The molecule has 1 heterocycles. The monoisotopic (exact) mass is 278 g/mol. The van der Waals surface area contributed by atoms with Crippen LogP contribution in [0, 0.1) is 5.41 Å². The maximum Gasteiger partial charge on any atom is 0.324 e. The number of nitrogens with one attached hydrogen (secondary N) is 1. The van der Waals surface area contributed by atoms with Crippen molar-refractivity contribution >= 4 is 24.3 Å². The van der Waals surface area contributed by atoms with Gasteiger partial charge in [0.05, 0.1) is 6.54 Å². The van der Waals surface area contributed by atoms with E-state index >= 15 is 0 Å². The zero-order valence-electron chi connectivity index (χ0n) is 11.2. The summed E-state index contributed by atoms with van der Waals surface area (Å²) in [6, 6.07) is -0.290. The molecule has 3 amide bonds. The standard InChI is InChI=1S/C11H22N4O2.ClH/c1-11(2,7-12)8-14(3)4-5-15-9(16)6-13-10(15)17;/h4-8,12H2,1-3H3,(H,13,17);1H. The molecule has 0 radical (unpaired) electrons. The zero-order valence-corrected chi connectivity index (χ0v) is 12.0. The van der Waals surface area contributed by atoms with Crippen molar-refractivity contribution in [2.75, 3.05) is 39.8 Å². The first kappa shape index (κ1) is 17.2. The van der Waals surface area contributed by atoms with Crippen molar-refractivity contribution in [2.45, 2.75) is 13.8 Å². The third-order valence-corrected chi connectivity index (χ3v) is 2.89. The summed E-state index contributed by atoms with van der Waals surface area (Å²) in [6.07, 6.45) is 0. The van der Waals surface area contributed by atoms with Gasteiger partial charge in [0.15, 0.2) is 0 Å². The van der Waals surface area contributed by atoms with Crippen molar-refractivity contribution < 1.29 is 9.59 Å². The molecule has 18 heavy (non-hydrogen) atoms. The van der Waals surface area contributed by atoms with Crippen molar-refractivity contribution in [1.82, 2.24) is 15.1 Å². The second kappa shape index (κ2) is 6.92. The van der Waals surface area contributed by atoms with Gasteiger partial charge in [0.2, 0.25) is 5.91 Å². The number of hydrogen-bond acceptors (Lipinski definition) is 4. The fraction of sp³-hybridized carbons (Fsp3) is 0.818. The van der Waals surface area contributed by atoms with Crippen LogP contribution in [-0.4, -0.2) is 61.5 Å². The molecular formula is C11H23ClN4O2. The predicted octanol–water partition coefficient (Wildman–Crippen LogP) is -0.123. The summed E-state index contributed by atoms with van der Waals surface area (Å²) in [4.78, 5) is 26.0. The van der Waals surface area contributed by atoms with E-state index in [2.05, 4.69) is 24.1 Å². The SMILES string of the molecule is CN(CCN1C(=O)CNC1=O)CC(C)(C)CN.Cl. The van der Waals surface area contributed by atoms with E-state index in [1.54, 1.807) is 0 Å². The Hall–Kier alpha value is -0.850. The van der Waals surface area contributed by atoms with Gasteiger partial charge in [-0.25, -0.2) is 4.79 Å². The van der Waals surface area contributed by atoms with E-state index in [1.807, 2.05) is 7.05 Å². The number of carbonyl (C=O) groups excluding carboxylic acids is 2. The van der Waals surface area contributed by atoms with Gasteiger partial charge in [0.25, 0.3) is 0 Å². The Kier molecular flexibility index (Phi) is 6.59. The van der Waals surface area contributed by atoms with E-state index in [0.717, 1.165) is 6.54 Å². The Morgan fingerprint density at radius 2 is 2.06 bits per heavy atom. The predicted molar refractivity (Wildman–Crippen MR) is 72.7 cm³/mol. The van der Waals surface area contributed by atoms with E-state index in [9.17, 15) is 9.59 Å². The number of nitrogens with zero attached hydrogens (tertiary/aromatic N) is 2. The Labute approximate surface area is 114 Å². The molecule has 1 aliphatic heterocycles. The maximum atomic E-state index is 11.3. The van der Waals surface area contributed by atoms with Gasteiger partial charge in [-0.2, -0.15) is 0 Å². The summed E-state index contributed by atoms with van der Waals surface area (Å²) in [7, 11) is 1.97. The van der Waals surface area contributed by atoms with E-state index in [1.165, 1.54) is 4.90 Å². The van der Waals surface area contributed by atoms with Gasteiger partial charge in [-0.15, -0.1) is 12.4 Å². The van der Waals surface area contributed by atoms with Gasteiger partial charge in [-0.1, -0.05) is 13.8 Å². The van der Waals surface area contributed by atoms with Crippen LogP contribution in [0.3, 0.4) is 0 Å². The van der Waals surface area contributed by atoms with Crippen LogP contribution in [-0.2, 0) is 4.79 Å². The summed E-state index contributed by atoms with van der Waals surface area (Å²) in [5.41, 5.74) is 5.71. The molecule has 0 aromatic carbocycles. The molecule has 6 nitrogen and oxygen atoms in total. The van der Waals surface area contributed by atoms with E-state index < -0.39 is 0 Å². The minimum absolute atomic E-state index is 0. The van der Waals surface area contributed by atoms with Crippen molar-refractivity contribution in [3.63, 3.8) is 0 Å². The number of amides is 3. The molecule has 1 saturated heterocycles. The smallest absolute Gasteiger partial charge is 0.324 e. The summed E-state index contributed by atoms with van der Waals surface area (Å²) in [6.45, 7) is 6.86. The lowest BCUT2D eigenvalue weighted by atomic mass is 9.93. The van der Waals surface area contributed by atoms with Crippen LogP contribution >= 0.6 is 12.4 Å². The third kappa shape index (κ3) is 4.80. The second-order valence-corrected chi connectivity index (χ2v) is 5.31. The normalized spacial score (nSPS) is 15.9. The Morgan fingerprint density at radius 3 is 2.50 bits per heavy atom. The number of urea groups is 1. The molecule has 0 unspecified atom stereocenters. The molecule has 0 aliphatic carbocycles. The van der Waals surface area contributed by atoms with Crippen molar-refractivity contribution in [3.8, 4) is 0 Å². The molecule has 3 N–H and O–H groups in total. The van der Waals surface area contributed by atoms with Crippen LogP contribution in [0.15, 0.2) is 0 Å². The minimum Gasteiger partial charge on any atom is -0.330 e. The van der Waals surface area contributed by atoms with Crippen LogP contribution in [0.4, 0.5) is 4.79 Å². The molecule has 0 saturated carbocycles. The molecule has 0 aromatic heterocycles. The van der Waals surface area contributed by atoms with E-state index in [0.29, 0.717) is 19.6 Å². The highest BCUT2D eigenvalue weighted by molar-refractivity contribution is 6.01. The molecule has 1 rings (SSSR count). The second-order valence-electron chi connectivity index (χ2n) is 5.31. The van der Waals surface area contributed by atoms with Crippen LogP contribution in [0.25, 0.3) is 0 Å². The Balaban J connectivity index is 0.00000289. The topological polar surface area (TPSA) is 78.7 Å². The lowest BCUT2D eigenvalue weighted by Gasteiger charge is -2.29. The molecule has 0 bridgehead atoms. The summed E-state index contributed by atoms with van der Waals surface area (Å²) in [5, 5.41) is 2.50. The lowest BCUT2D eigenvalue weighted by Crippen LogP contribution is -2.42. The first-order valence-corrected chi connectivity index (χ1v) is 5.82. The summed E-state index contributed by atoms with van der Waals surface area (Å²) < 4.78 is 0. The van der Waals surface area contributed by atoms with E-state index in [-0.39, 0.29) is 36.3 Å². The van der Waals surface area contributed by atoms with Gasteiger partial charge < -0.3 is 16.0 Å². The number of halogens is 1. The fourth-order valence-corrected chi connectivity index (χ4v) is 1.83. The molecule has 7 heteroatoms. The number of hydrogen-bond donors (Lipinski definition) is 2.